The van der Waals surface area contributed by atoms with Crippen LogP contribution in [-0.2, 0) is 6.42 Å². The molecule has 0 aliphatic carbocycles. The highest BCUT2D eigenvalue weighted by molar-refractivity contribution is 6.06. The second kappa shape index (κ2) is 4.30. The molecule has 0 spiro atoms. The molecule has 1 aliphatic rings. The molecule has 18 heavy (non-hydrogen) atoms. The minimum Gasteiger partial charge on any atom is -0.378 e. The standard InChI is InChI=1S/C16H16N2/c1-18(2)14-9-7-12(8-10-14)16-11-13-5-3-4-6-15(13)17-16/h3-10H,11H2,1-2H3. The van der Waals surface area contributed by atoms with Crippen molar-refractivity contribution < 1.29 is 0 Å². The number of aliphatic imine (C=N–C) groups is 1. The Kier molecular flexibility index (Phi) is 2.63. The van der Waals surface area contributed by atoms with E-state index in [9.17, 15) is 0 Å². The molecule has 0 saturated heterocycles. The van der Waals surface area contributed by atoms with Gasteiger partial charge in [-0.15, -0.1) is 0 Å². The quantitative estimate of drug-likeness (QED) is 0.780. The lowest BCUT2D eigenvalue weighted by Crippen LogP contribution is -2.09. The first-order valence-corrected chi connectivity index (χ1v) is 6.17. The van der Waals surface area contributed by atoms with E-state index in [1.165, 1.54) is 22.5 Å². The van der Waals surface area contributed by atoms with E-state index in [1.54, 1.807) is 0 Å². The summed E-state index contributed by atoms with van der Waals surface area (Å²) >= 11 is 0. The lowest BCUT2D eigenvalue weighted by molar-refractivity contribution is 1.13. The zero-order chi connectivity index (χ0) is 12.5. The van der Waals surface area contributed by atoms with E-state index in [-0.39, 0.29) is 0 Å². The number of hydrogen-bond acceptors (Lipinski definition) is 2. The minimum absolute atomic E-state index is 0.942. The number of rotatable bonds is 2. The van der Waals surface area contributed by atoms with Crippen molar-refractivity contribution in [2.45, 2.75) is 6.42 Å². The second-order valence-corrected chi connectivity index (χ2v) is 4.81. The molecule has 0 unspecified atom stereocenters. The molecule has 2 aromatic rings. The maximum absolute atomic E-state index is 4.70. The van der Waals surface area contributed by atoms with E-state index in [4.69, 9.17) is 4.99 Å². The number of nitrogens with zero attached hydrogens (tertiary/aromatic N) is 2. The third kappa shape index (κ3) is 1.90. The summed E-state index contributed by atoms with van der Waals surface area (Å²) in [6.07, 6.45) is 0.942. The lowest BCUT2D eigenvalue weighted by Gasteiger charge is -2.12. The fourth-order valence-electron chi connectivity index (χ4n) is 2.25. The molecule has 0 amide bonds. The highest BCUT2D eigenvalue weighted by Gasteiger charge is 2.15. The normalized spacial score (nSPS) is 13.1. The fraction of sp³-hybridized carbons (Fsp3) is 0.188. The van der Waals surface area contributed by atoms with Gasteiger partial charge >= 0.3 is 0 Å². The van der Waals surface area contributed by atoms with Gasteiger partial charge in [0.05, 0.1) is 11.4 Å². The van der Waals surface area contributed by atoms with Crippen LogP contribution in [0.1, 0.15) is 11.1 Å². The van der Waals surface area contributed by atoms with Crippen molar-refractivity contribution >= 4 is 17.1 Å². The van der Waals surface area contributed by atoms with E-state index in [2.05, 4.69) is 61.5 Å². The Bertz CT molecular complexity index is 595. The minimum atomic E-state index is 0.942. The van der Waals surface area contributed by atoms with Crippen molar-refractivity contribution in [2.24, 2.45) is 4.99 Å². The first-order valence-electron chi connectivity index (χ1n) is 6.17. The van der Waals surface area contributed by atoms with Gasteiger partial charge in [-0.1, -0.05) is 30.3 Å². The average Bonchev–Trinajstić information content (AvgIpc) is 2.82. The van der Waals surface area contributed by atoms with E-state index in [0.29, 0.717) is 0 Å². The van der Waals surface area contributed by atoms with Crippen LogP contribution in [0.25, 0.3) is 0 Å². The zero-order valence-electron chi connectivity index (χ0n) is 10.7. The Morgan fingerprint density at radius 2 is 1.67 bits per heavy atom. The molecule has 0 fully saturated rings. The van der Waals surface area contributed by atoms with Gasteiger partial charge in [-0.2, -0.15) is 0 Å². The van der Waals surface area contributed by atoms with Crippen LogP contribution < -0.4 is 4.90 Å². The summed E-state index contributed by atoms with van der Waals surface area (Å²) in [5.41, 5.74) is 6.04. The Morgan fingerprint density at radius 1 is 0.944 bits per heavy atom. The number of fused-ring (bicyclic) bond motifs is 1. The molecule has 2 nitrogen and oxygen atoms in total. The van der Waals surface area contributed by atoms with Gasteiger partial charge in [0.25, 0.3) is 0 Å². The Hall–Kier alpha value is -2.09. The van der Waals surface area contributed by atoms with Gasteiger partial charge < -0.3 is 4.90 Å². The molecule has 2 aromatic carbocycles. The molecule has 1 aliphatic heterocycles. The number of anilines is 1. The first-order chi connectivity index (χ1) is 8.74. The fourth-order valence-corrected chi connectivity index (χ4v) is 2.25. The lowest BCUT2D eigenvalue weighted by atomic mass is 10.0. The average molecular weight is 236 g/mol. The van der Waals surface area contributed by atoms with Crippen LogP contribution in [0.5, 0.6) is 0 Å². The summed E-state index contributed by atoms with van der Waals surface area (Å²) in [5.74, 6) is 0. The summed E-state index contributed by atoms with van der Waals surface area (Å²) in [7, 11) is 4.11. The van der Waals surface area contributed by atoms with Gasteiger partial charge in [0.15, 0.2) is 0 Å². The van der Waals surface area contributed by atoms with Crippen LogP contribution in [0.2, 0.25) is 0 Å². The third-order valence-electron chi connectivity index (χ3n) is 3.32. The van der Waals surface area contributed by atoms with E-state index in [1.807, 2.05) is 6.07 Å². The summed E-state index contributed by atoms with van der Waals surface area (Å²) in [6.45, 7) is 0. The molecule has 0 N–H and O–H groups in total. The Labute approximate surface area is 108 Å². The predicted molar refractivity (Wildman–Crippen MR) is 77.1 cm³/mol. The molecule has 1 heterocycles. The molecule has 0 bridgehead atoms. The Balaban J connectivity index is 1.90. The molecule has 0 aromatic heterocycles. The Morgan fingerprint density at radius 3 is 2.33 bits per heavy atom. The van der Waals surface area contributed by atoms with E-state index < -0.39 is 0 Å². The largest absolute Gasteiger partial charge is 0.378 e. The van der Waals surface area contributed by atoms with Gasteiger partial charge in [-0.05, 0) is 29.3 Å². The third-order valence-corrected chi connectivity index (χ3v) is 3.32. The van der Waals surface area contributed by atoms with E-state index >= 15 is 0 Å². The van der Waals surface area contributed by atoms with Gasteiger partial charge in [0.2, 0.25) is 0 Å². The van der Waals surface area contributed by atoms with Gasteiger partial charge in [0.1, 0.15) is 0 Å². The smallest absolute Gasteiger partial charge is 0.0669 e. The SMILES string of the molecule is CN(C)c1ccc(C2=Nc3ccccc3C2)cc1. The zero-order valence-corrected chi connectivity index (χ0v) is 10.7. The maximum atomic E-state index is 4.70. The van der Waals surface area contributed by atoms with Crippen LogP contribution in [0.4, 0.5) is 11.4 Å². The number of benzene rings is 2. The van der Waals surface area contributed by atoms with Gasteiger partial charge in [-0.25, -0.2) is 0 Å². The number of hydrogen-bond donors (Lipinski definition) is 0. The number of para-hydroxylation sites is 1. The molecular formula is C16H16N2. The monoisotopic (exact) mass is 236 g/mol. The summed E-state index contributed by atoms with van der Waals surface area (Å²) in [6, 6.07) is 16.9. The van der Waals surface area contributed by atoms with Gasteiger partial charge in [-0.3, -0.25) is 4.99 Å². The molecule has 2 heteroatoms. The van der Waals surface area contributed by atoms with Crippen molar-refractivity contribution in [3.05, 3.63) is 59.7 Å². The molecule has 3 rings (SSSR count). The molecule has 0 atom stereocenters. The van der Waals surface area contributed by atoms with Crippen LogP contribution >= 0.6 is 0 Å². The predicted octanol–water partition coefficient (Wildman–Crippen LogP) is 3.43. The summed E-state index contributed by atoms with van der Waals surface area (Å²) in [5, 5.41) is 0. The van der Waals surface area contributed by atoms with Crippen molar-refractivity contribution in [3.8, 4) is 0 Å². The first kappa shape index (κ1) is 11.0. The van der Waals surface area contributed by atoms with Crippen molar-refractivity contribution in [1.82, 2.24) is 0 Å². The van der Waals surface area contributed by atoms with E-state index in [0.717, 1.165) is 12.1 Å². The second-order valence-electron chi connectivity index (χ2n) is 4.81. The molecule has 90 valence electrons. The van der Waals surface area contributed by atoms with Gasteiger partial charge in [0, 0.05) is 26.2 Å². The topological polar surface area (TPSA) is 15.6 Å². The van der Waals surface area contributed by atoms with Crippen molar-refractivity contribution in [3.63, 3.8) is 0 Å². The van der Waals surface area contributed by atoms with Crippen LogP contribution in [0.3, 0.4) is 0 Å². The summed E-state index contributed by atoms with van der Waals surface area (Å²) in [4.78, 5) is 6.81. The highest BCUT2D eigenvalue weighted by Crippen LogP contribution is 2.28. The highest BCUT2D eigenvalue weighted by atomic mass is 15.1. The van der Waals surface area contributed by atoms with Crippen molar-refractivity contribution in [2.75, 3.05) is 19.0 Å². The van der Waals surface area contributed by atoms with Crippen molar-refractivity contribution in [1.29, 1.82) is 0 Å². The maximum Gasteiger partial charge on any atom is 0.0669 e. The molecule has 0 saturated carbocycles. The van der Waals surface area contributed by atoms with Crippen LogP contribution in [0.15, 0.2) is 53.5 Å². The van der Waals surface area contributed by atoms with Crippen LogP contribution in [-0.4, -0.2) is 19.8 Å². The molecular weight excluding hydrogens is 220 g/mol. The summed E-state index contributed by atoms with van der Waals surface area (Å²) < 4.78 is 0. The van der Waals surface area contributed by atoms with Crippen LogP contribution in [0, 0.1) is 0 Å². The molecule has 0 radical (unpaired) electrons.